The van der Waals surface area contributed by atoms with Crippen molar-refractivity contribution in [2.24, 2.45) is 0 Å². The van der Waals surface area contributed by atoms with Gasteiger partial charge >= 0.3 is 63.4 Å². The molecule has 1 radical (unpaired) electrons. The Kier molecular flexibility index (Phi) is 5.80. The molecule has 57 valence electrons. The first kappa shape index (κ1) is 10.7. The molecule has 0 saturated heterocycles. The van der Waals surface area contributed by atoms with Gasteiger partial charge in [-0.1, -0.05) is 0 Å². The molecule has 0 nitrogen and oxygen atoms in total. The van der Waals surface area contributed by atoms with E-state index < -0.39 is 19.6 Å². The third kappa shape index (κ3) is 3.23. The molecule has 0 bridgehead atoms. The van der Waals surface area contributed by atoms with Crippen molar-refractivity contribution in [3.8, 4) is 0 Å². The van der Waals surface area contributed by atoms with Gasteiger partial charge in [-0.3, -0.25) is 0 Å². The van der Waals surface area contributed by atoms with Gasteiger partial charge in [-0.15, -0.1) is 24.0 Å². The number of halogens is 1. The van der Waals surface area contributed by atoms with Crippen LogP contribution in [0.2, 0.25) is 9.94 Å². The average molecular weight is 363 g/mol. The molecular weight excluding hydrogens is 351 g/mol. The zero-order valence-corrected chi connectivity index (χ0v) is 10.9. The Hall–Kier alpha value is 0.740. The predicted molar refractivity (Wildman–Crippen MR) is 59.0 cm³/mol. The summed E-state index contributed by atoms with van der Waals surface area (Å²) >= 11 is -0.795. The van der Waals surface area contributed by atoms with E-state index in [4.69, 9.17) is 0 Å². The van der Waals surface area contributed by atoms with E-state index in [1.807, 2.05) is 0 Å². The first-order chi connectivity index (χ1) is 4.30. The summed E-state index contributed by atoms with van der Waals surface area (Å²) < 4.78 is 1.58. The molecule has 1 aromatic rings. The van der Waals surface area contributed by atoms with Gasteiger partial charge in [-0.25, -0.2) is 0 Å². The molecule has 0 N–H and O–H groups in total. The second kappa shape index (κ2) is 5.40. The minimum atomic E-state index is -0.795. The van der Waals surface area contributed by atoms with E-state index in [0.29, 0.717) is 0 Å². The van der Waals surface area contributed by atoms with Crippen LogP contribution in [0.3, 0.4) is 0 Å². The first-order valence-corrected chi connectivity index (χ1v) is 8.76. The fourth-order valence-corrected chi connectivity index (χ4v) is 2.69. The smallest absolute Gasteiger partial charge is 0.107 e. The molecule has 0 spiro atoms. The molecule has 0 aliphatic rings. The normalized spacial score (nSPS) is 9.10. The summed E-state index contributed by atoms with van der Waals surface area (Å²) in [4.78, 5) is 4.75. The monoisotopic (exact) mass is 365 g/mol. The average Bonchev–Trinajstić information content (AvgIpc) is 1.90. The Labute approximate surface area is 86.7 Å². The molecule has 1 rings (SSSR count). The SMILES string of the molecule is C[Te](C)c1ccccc1.I. The van der Waals surface area contributed by atoms with Crippen molar-refractivity contribution < 1.29 is 0 Å². The second-order valence-electron chi connectivity index (χ2n) is 2.13. The van der Waals surface area contributed by atoms with Gasteiger partial charge < -0.3 is 0 Å². The summed E-state index contributed by atoms with van der Waals surface area (Å²) in [5.74, 6) is 0. The van der Waals surface area contributed by atoms with E-state index in [9.17, 15) is 0 Å². The van der Waals surface area contributed by atoms with Crippen molar-refractivity contribution in [3.05, 3.63) is 30.3 Å². The molecule has 0 aromatic heterocycles. The fourth-order valence-electron chi connectivity index (χ4n) is 0.693. The van der Waals surface area contributed by atoms with Gasteiger partial charge in [-0.2, -0.15) is 0 Å². The van der Waals surface area contributed by atoms with Crippen LogP contribution in [0, 0.1) is 0 Å². The molecule has 0 aliphatic carbocycles. The summed E-state index contributed by atoms with van der Waals surface area (Å²) in [6.07, 6.45) is 0. The quantitative estimate of drug-likeness (QED) is 0.531. The molecule has 10 heavy (non-hydrogen) atoms. The molecule has 2 heteroatoms. The minimum absolute atomic E-state index is 0. The first-order valence-electron chi connectivity index (χ1n) is 2.93. The van der Waals surface area contributed by atoms with E-state index in [1.165, 1.54) is 0 Å². The Bertz CT molecular complexity index is 172. The van der Waals surface area contributed by atoms with Crippen LogP contribution in [-0.4, -0.2) is 19.6 Å². The summed E-state index contributed by atoms with van der Waals surface area (Å²) in [6.45, 7) is 0. The van der Waals surface area contributed by atoms with Gasteiger partial charge in [0, 0.05) is 0 Å². The van der Waals surface area contributed by atoms with Crippen LogP contribution in [0.4, 0.5) is 0 Å². The molecule has 1 aromatic carbocycles. The second-order valence-corrected chi connectivity index (χ2v) is 8.14. The van der Waals surface area contributed by atoms with Gasteiger partial charge in [0.25, 0.3) is 0 Å². The van der Waals surface area contributed by atoms with Gasteiger partial charge in [0.1, 0.15) is 0 Å². The van der Waals surface area contributed by atoms with E-state index in [2.05, 4.69) is 40.3 Å². The minimum Gasteiger partial charge on any atom is -0.107 e. The van der Waals surface area contributed by atoms with Gasteiger partial charge in [0.2, 0.25) is 0 Å². The molecule has 0 amide bonds. The molecule has 0 heterocycles. The Morgan fingerprint density at radius 1 is 1.00 bits per heavy atom. The zero-order chi connectivity index (χ0) is 6.69. The van der Waals surface area contributed by atoms with Crippen molar-refractivity contribution in [3.63, 3.8) is 0 Å². The topological polar surface area (TPSA) is 0 Å². The molecule has 0 aliphatic heterocycles. The Morgan fingerprint density at radius 3 is 1.80 bits per heavy atom. The van der Waals surface area contributed by atoms with Gasteiger partial charge in [0.05, 0.1) is 0 Å². The summed E-state index contributed by atoms with van der Waals surface area (Å²) in [7, 11) is 0. The third-order valence-electron chi connectivity index (χ3n) is 1.21. The van der Waals surface area contributed by atoms with Crippen molar-refractivity contribution >= 4 is 47.1 Å². The number of hydrogen-bond donors (Lipinski definition) is 0. The van der Waals surface area contributed by atoms with Crippen molar-refractivity contribution in [1.29, 1.82) is 0 Å². The summed E-state index contributed by atoms with van der Waals surface area (Å²) in [5.41, 5.74) is 0. The van der Waals surface area contributed by atoms with Crippen LogP contribution in [-0.2, 0) is 0 Å². The largest absolute Gasteiger partial charge is 0.107 e. The fraction of sp³-hybridized carbons (Fsp3) is 0.250. The van der Waals surface area contributed by atoms with Crippen LogP contribution in [0.5, 0.6) is 0 Å². The maximum Gasteiger partial charge on any atom is -0.107 e. The maximum absolute atomic E-state index is 2.37. The summed E-state index contributed by atoms with van der Waals surface area (Å²) in [6, 6.07) is 10.8. The van der Waals surface area contributed by atoms with Crippen molar-refractivity contribution in [2.45, 2.75) is 9.94 Å². The van der Waals surface area contributed by atoms with E-state index in [1.54, 1.807) is 3.61 Å². The van der Waals surface area contributed by atoms with Crippen LogP contribution in [0.15, 0.2) is 30.3 Å². The Morgan fingerprint density at radius 2 is 1.50 bits per heavy atom. The standard InChI is InChI=1S/C8H11Te.HI/c1-9(2)8-6-4-3-5-7-8;/h3-7H,1-2H3;1H. The van der Waals surface area contributed by atoms with Crippen LogP contribution in [0.25, 0.3) is 0 Å². The van der Waals surface area contributed by atoms with Crippen LogP contribution >= 0.6 is 24.0 Å². The Balaban J connectivity index is 0.000000810. The van der Waals surface area contributed by atoms with Gasteiger partial charge in [0.15, 0.2) is 0 Å². The van der Waals surface area contributed by atoms with Crippen LogP contribution in [0.1, 0.15) is 0 Å². The molecular formula is C8H12ITe. The zero-order valence-electron chi connectivity index (χ0n) is 6.20. The van der Waals surface area contributed by atoms with Crippen LogP contribution < -0.4 is 3.61 Å². The van der Waals surface area contributed by atoms with Crippen molar-refractivity contribution in [2.75, 3.05) is 0 Å². The molecule has 0 saturated carbocycles. The maximum atomic E-state index is 2.37. The number of benzene rings is 1. The number of rotatable bonds is 1. The van der Waals surface area contributed by atoms with E-state index in [0.717, 1.165) is 0 Å². The van der Waals surface area contributed by atoms with Gasteiger partial charge in [-0.05, 0) is 0 Å². The number of hydrogen-bond acceptors (Lipinski definition) is 0. The van der Waals surface area contributed by atoms with Crippen molar-refractivity contribution in [1.82, 2.24) is 0 Å². The molecule has 0 fully saturated rings. The van der Waals surface area contributed by atoms with E-state index in [-0.39, 0.29) is 24.0 Å². The predicted octanol–water partition coefficient (Wildman–Crippen LogP) is 2.27. The summed E-state index contributed by atoms with van der Waals surface area (Å²) in [5, 5.41) is 0. The third-order valence-corrected chi connectivity index (χ3v) is 4.68. The van der Waals surface area contributed by atoms with E-state index >= 15 is 0 Å². The molecule has 0 unspecified atom stereocenters. The molecule has 0 atom stereocenters.